The van der Waals surface area contributed by atoms with Crippen molar-refractivity contribution in [1.29, 1.82) is 0 Å². The third kappa shape index (κ3) is 2.56. The molecule has 0 fully saturated rings. The number of pyridine rings is 1. The van der Waals surface area contributed by atoms with Gasteiger partial charge >= 0.3 is 0 Å². The molecule has 0 N–H and O–H groups in total. The van der Waals surface area contributed by atoms with Crippen LogP contribution in [0.25, 0.3) is 0 Å². The van der Waals surface area contributed by atoms with Crippen LogP contribution in [0.5, 0.6) is 0 Å². The largest absolute Gasteiger partial charge is 0.311 e. The Morgan fingerprint density at radius 3 is 2.88 bits per heavy atom. The predicted molar refractivity (Wildman–Crippen MR) is 66.0 cm³/mol. The summed E-state index contributed by atoms with van der Waals surface area (Å²) in [5.74, 6) is -0.359. The van der Waals surface area contributed by atoms with E-state index in [1.54, 1.807) is 25.3 Å². The van der Waals surface area contributed by atoms with Crippen molar-refractivity contribution in [2.75, 3.05) is 0 Å². The van der Waals surface area contributed by atoms with Crippen LogP contribution < -0.4 is 5.56 Å². The Bertz CT molecular complexity index is 607. The van der Waals surface area contributed by atoms with E-state index in [4.69, 9.17) is 11.6 Å². The molecule has 2 nitrogen and oxygen atoms in total. The summed E-state index contributed by atoms with van der Waals surface area (Å²) in [6.45, 7) is 1.92. The first-order chi connectivity index (χ1) is 8.08. The Labute approximate surface area is 103 Å². The summed E-state index contributed by atoms with van der Waals surface area (Å²) < 4.78 is 15.0. The maximum absolute atomic E-state index is 13.5. The van der Waals surface area contributed by atoms with Gasteiger partial charge in [-0.25, -0.2) is 4.39 Å². The fourth-order valence-electron chi connectivity index (χ4n) is 1.63. The monoisotopic (exact) mass is 251 g/mol. The second-order valence-electron chi connectivity index (χ2n) is 3.86. The van der Waals surface area contributed by atoms with Gasteiger partial charge in [-0.05, 0) is 31.2 Å². The van der Waals surface area contributed by atoms with E-state index in [0.29, 0.717) is 16.1 Å². The van der Waals surface area contributed by atoms with E-state index in [-0.39, 0.29) is 17.9 Å². The lowest BCUT2D eigenvalue weighted by atomic mass is 10.2. The number of rotatable bonds is 2. The molecule has 0 saturated carbocycles. The van der Waals surface area contributed by atoms with Crippen LogP contribution >= 0.6 is 11.6 Å². The molecule has 0 aliphatic heterocycles. The lowest BCUT2D eigenvalue weighted by molar-refractivity contribution is 0.596. The van der Waals surface area contributed by atoms with Gasteiger partial charge in [0.15, 0.2) is 0 Å². The van der Waals surface area contributed by atoms with Gasteiger partial charge in [-0.15, -0.1) is 0 Å². The van der Waals surface area contributed by atoms with Gasteiger partial charge in [0.05, 0.1) is 6.54 Å². The minimum absolute atomic E-state index is 0.119. The highest BCUT2D eigenvalue weighted by atomic mass is 35.5. The summed E-state index contributed by atoms with van der Waals surface area (Å²) in [6, 6.07) is 7.82. The van der Waals surface area contributed by atoms with Gasteiger partial charge in [0, 0.05) is 22.3 Å². The molecule has 88 valence electrons. The molecule has 1 aromatic heterocycles. The molecule has 0 aliphatic rings. The minimum atomic E-state index is -0.359. The summed E-state index contributed by atoms with van der Waals surface area (Å²) in [4.78, 5) is 11.8. The zero-order valence-electron chi connectivity index (χ0n) is 9.28. The van der Waals surface area contributed by atoms with Crippen molar-refractivity contribution in [3.8, 4) is 0 Å². The molecule has 1 heterocycles. The van der Waals surface area contributed by atoms with Crippen LogP contribution in [0.3, 0.4) is 0 Å². The van der Waals surface area contributed by atoms with Gasteiger partial charge in [0.1, 0.15) is 5.82 Å². The third-order valence-corrected chi connectivity index (χ3v) is 2.79. The summed E-state index contributed by atoms with van der Waals surface area (Å²) in [5, 5.41) is 0.460. The normalized spacial score (nSPS) is 10.5. The van der Waals surface area contributed by atoms with E-state index in [1.807, 2.05) is 0 Å². The molecular formula is C13H11ClFNO. The topological polar surface area (TPSA) is 22.0 Å². The molecule has 0 saturated heterocycles. The number of aryl methyl sites for hydroxylation is 1. The molecule has 2 rings (SSSR count). The van der Waals surface area contributed by atoms with E-state index >= 15 is 0 Å². The van der Waals surface area contributed by atoms with E-state index < -0.39 is 0 Å². The average molecular weight is 252 g/mol. The zero-order valence-corrected chi connectivity index (χ0v) is 10.0. The van der Waals surface area contributed by atoms with Crippen molar-refractivity contribution in [3.05, 3.63) is 68.8 Å². The number of benzene rings is 1. The fraction of sp³-hybridized carbons (Fsp3) is 0.154. The molecule has 1 aromatic carbocycles. The van der Waals surface area contributed by atoms with Crippen molar-refractivity contribution in [3.63, 3.8) is 0 Å². The zero-order chi connectivity index (χ0) is 12.4. The highest BCUT2D eigenvalue weighted by Gasteiger charge is 2.05. The van der Waals surface area contributed by atoms with Crippen LogP contribution in [0.1, 0.15) is 11.1 Å². The molecule has 17 heavy (non-hydrogen) atoms. The maximum Gasteiger partial charge on any atom is 0.253 e. The van der Waals surface area contributed by atoms with Crippen LogP contribution in [-0.2, 0) is 6.54 Å². The van der Waals surface area contributed by atoms with Crippen LogP contribution in [0.2, 0.25) is 5.02 Å². The van der Waals surface area contributed by atoms with Crippen LogP contribution in [0, 0.1) is 12.7 Å². The van der Waals surface area contributed by atoms with Crippen LogP contribution in [-0.4, -0.2) is 4.57 Å². The van der Waals surface area contributed by atoms with Gasteiger partial charge in [0.2, 0.25) is 0 Å². The molecule has 0 unspecified atom stereocenters. The summed E-state index contributed by atoms with van der Waals surface area (Å²) in [6.07, 6.45) is 1.63. The summed E-state index contributed by atoms with van der Waals surface area (Å²) in [7, 11) is 0. The Morgan fingerprint density at radius 2 is 2.12 bits per heavy atom. The van der Waals surface area contributed by atoms with E-state index in [1.165, 1.54) is 22.8 Å². The Morgan fingerprint density at radius 1 is 1.35 bits per heavy atom. The van der Waals surface area contributed by atoms with Gasteiger partial charge in [0.25, 0.3) is 5.56 Å². The molecular weight excluding hydrogens is 241 g/mol. The smallest absolute Gasteiger partial charge is 0.253 e. The maximum atomic E-state index is 13.5. The average Bonchev–Trinajstić information content (AvgIpc) is 2.30. The number of aromatic nitrogens is 1. The molecule has 0 radical (unpaired) electrons. The summed E-state index contributed by atoms with van der Waals surface area (Å²) in [5.41, 5.74) is 0.923. The van der Waals surface area contributed by atoms with Crippen LogP contribution in [0.4, 0.5) is 4.39 Å². The lowest BCUT2D eigenvalue weighted by Crippen LogP contribution is -2.22. The van der Waals surface area contributed by atoms with Gasteiger partial charge < -0.3 is 4.57 Å². The molecule has 0 atom stereocenters. The van der Waals surface area contributed by atoms with Crippen molar-refractivity contribution in [1.82, 2.24) is 4.57 Å². The SMILES string of the molecule is Cc1cccn(Cc2cc(Cl)ccc2F)c1=O. The number of hydrogen-bond donors (Lipinski definition) is 0. The first-order valence-electron chi connectivity index (χ1n) is 5.18. The molecule has 0 spiro atoms. The Balaban J connectivity index is 2.41. The number of nitrogens with zero attached hydrogens (tertiary/aromatic N) is 1. The number of hydrogen-bond acceptors (Lipinski definition) is 1. The molecule has 0 amide bonds. The van der Waals surface area contributed by atoms with Crippen molar-refractivity contribution in [2.24, 2.45) is 0 Å². The second-order valence-corrected chi connectivity index (χ2v) is 4.30. The van der Waals surface area contributed by atoms with Gasteiger partial charge in [-0.3, -0.25) is 4.79 Å². The summed E-state index contributed by atoms with van der Waals surface area (Å²) >= 11 is 5.80. The third-order valence-electron chi connectivity index (χ3n) is 2.56. The van der Waals surface area contributed by atoms with Crippen molar-refractivity contribution >= 4 is 11.6 Å². The molecule has 4 heteroatoms. The van der Waals surface area contributed by atoms with Crippen molar-refractivity contribution in [2.45, 2.75) is 13.5 Å². The fourth-order valence-corrected chi connectivity index (χ4v) is 1.82. The highest BCUT2D eigenvalue weighted by molar-refractivity contribution is 6.30. The first-order valence-corrected chi connectivity index (χ1v) is 5.56. The standard InChI is InChI=1S/C13H11ClFNO/c1-9-3-2-6-16(13(9)17)8-10-7-11(14)4-5-12(10)15/h2-7H,8H2,1H3. The Hall–Kier alpha value is -1.61. The molecule has 2 aromatic rings. The van der Waals surface area contributed by atoms with E-state index in [2.05, 4.69) is 0 Å². The van der Waals surface area contributed by atoms with Gasteiger partial charge in [-0.2, -0.15) is 0 Å². The van der Waals surface area contributed by atoms with Crippen LogP contribution in [0.15, 0.2) is 41.3 Å². The highest BCUT2D eigenvalue weighted by Crippen LogP contribution is 2.15. The van der Waals surface area contributed by atoms with Gasteiger partial charge in [-0.1, -0.05) is 17.7 Å². The number of halogens is 2. The minimum Gasteiger partial charge on any atom is -0.311 e. The first kappa shape index (κ1) is 11.9. The molecule has 0 bridgehead atoms. The quantitative estimate of drug-likeness (QED) is 0.804. The van der Waals surface area contributed by atoms with E-state index in [9.17, 15) is 9.18 Å². The lowest BCUT2D eigenvalue weighted by Gasteiger charge is -2.07. The Kier molecular flexibility index (Phi) is 3.29. The molecule has 0 aliphatic carbocycles. The second kappa shape index (κ2) is 4.72. The predicted octanol–water partition coefficient (Wildman–Crippen LogP) is 3.00. The van der Waals surface area contributed by atoms with Crippen molar-refractivity contribution < 1.29 is 4.39 Å². The van der Waals surface area contributed by atoms with E-state index in [0.717, 1.165) is 0 Å².